The molecule has 0 aliphatic carbocycles. The molecule has 0 aliphatic rings. The highest BCUT2D eigenvalue weighted by molar-refractivity contribution is 5.91. The van der Waals surface area contributed by atoms with Crippen molar-refractivity contribution < 1.29 is 4.79 Å². The fourth-order valence-corrected chi connectivity index (χ4v) is 2.18. The number of aromatic nitrogens is 1. The quantitative estimate of drug-likeness (QED) is 0.822. The van der Waals surface area contributed by atoms with Gasteiger partial charge in [0.15, 0.2) is 0 Å². The first-order valence-electron chi connectivity index (χ1n) is 6.94. The number of pyridine rings is 1. The van der Waals surface area contributed by atoms with Gasteiger partial charge >= 0.3 is 0 Å². The van der Waals surface area contributed by atoms with Crippen LogP contribution < -0.4 is 10.6 Å². The van der Waals surface area contributed by atoms with Crippen molar-refractivity contribution in [3.05, 3.63) is 24.4 Å². The molecule has 1 heterocycles. The zero-order valence-electron chi connectivity index (χ0n) is 12.2. The first-order chi connectivity index (χ1) is 9.06. The van der Waals surface area contributed by atoms with Crippen LogP contribution in [-0.2, 0) is 4.79 Å². The number of carbonyl (C=O) groups excluding carboxylic acids is 1. The van der Waals surface area contributed by atoms with E-state index in [0.717, 1.165) is 12.8 Å². The summed E-state index contributed by atoms with van der Waals surface area (Å²) in [5, 5.41) is 0. The smallest absolute Gasteiger partial charge is 0.227 e. The molecule has 0 radical (unpaired) electrons. The van der Waals surface area contributed by atoms with Crippen LogP contribution in [0.5, 0.6) is 0 Å². The monoisotopic (exact) mass is 263 g/mol. The van der Waals surface area contributed by atoms with Crippen LogP contribution in [0.2, 0.25) is 0 Å². The van der Waals surface area contributed by atoms with Gasteiger partial charge in [-0.05, 0) is 43.4 Å². The molecule has 4 heteroatoms. The minimum atomic E-state index is 0.112. The lowest BCUT2D eigenvalue weighted by molar-refractivity contribution is -0.118. The van der Waals surface area contributed by atoms with Crippen molar-refractivity contribution in [2.45, 2.75) is 33.1 Å². The molecule has 1 aromatic heterocycles. The second-order valence-corrected chi connectivity index (χ2v) is 5.26. The van der Waals surface area contributed by atoms with Crippen LogP contribution in [0.1, 0.15) is 33.1 Å². The molecule has 1 atom stereocenters. The summed E-state index contributed by atoms with van der Waals surface area (Å²) in [5.74, 6) is 1.90. The summed E-state index contributed by atoms with van der Waals surface area (Å²) in [5.41, 5.74) is 5.62. The summed E-state index contributed by atoms with van der Waals surface area (Å²) in [6.45, 7) is 5.06. The molecule has 0 aliphatic heterocycles. The average Bonchev–Trinajstić information content (AvgIpc) is 2.42. The Morgan fingerprint density at radius 2 is 2.11 bits per heavy atom. The highest BCUT2D eigenvalue weighted by atomic mass is 16.2. The van der Waals surface area contributed by atoms with Crippen molar-refractivity contribution in [2.24, 2.45) is 17.6 Å². The van der Waals surface area contributed by atoms with E-state index in [0.29, 0.717) is 30.6 Å². The number of amides is 1. The Bertz CT molecular complexity index is 378. The van der Waals surface area contributed by atoms with E-state index in [1.807, 2.05) is 18.2 Å². The molecule has 19 heavy (non-hydrogen) atoms. The molecule has 4 nitrogen and oxygen atoms in total. The summed E-state index contributed by atoms with van der Waals surface area (Å²) in [4.78, 5) is 17.9. The van der Waals surface area contributed by atoms with Gasteiger partial charge in [0.2, 0.25) is 5.91 Å². The number of hydrogen-bond acceptors (Lipinski definition) is 3. The van der Waals surface area contributed by atoms with Crippen molar-refractivity contribution in [3.63, 3.8) is 0 Å². The lowest BCUT2D eigenvalue weighted by atomic mass is 9.88. The Labute approximate surface area is 116 Å². The van der Waals surface area contributed by atoms with E-state index in [2.05, 4.69) is 18.8 Å². The average molecular weight is 263 g/mol. The minimum absolute atomic E-state index is 0.112. The van der Waals surface area contributed by atoms with E-state index in [9.17, 15) is 4.79 Å². The fourth-order valence-electron chi connectivity index (χ4n) is 2.18. The van der Waals surface area contributed by atoms with Crippen LogP contribution in [0.4, 0.5) is 5.82 Å². The largest absolute Gasteiger partial charge is 0.330 e. The molecule has 0 bridgehead atoms. The van der Waals surface area contributed by atoms with Gasteiger partial charge in [-0.3, -0.25) is 9.69 Å². The number of hydrogen-bond donors (Lipinski definition) is 1. The second-order valence-electron chi connectivity index (χ2n) is 5.26. The summed E-state index contributed by atoms with van der Waals surface area (Å²) in [7, 11) is 1.78. The Hall–Kier alpha value is -1.42. The molecule has 1 aromatic rings. The third-order valence-electron chi connectivity index (χ3n) is 3.58. The number of rotatable bonds is 7. The zero-order valence-corrected chi connectivity index (χ0v) is 12.2. The molecule has 2 N–H and O–H groups in total. The Kier molecular flexibility index (Phi) is 6.50. The van der Waals surface area contributed by atoms with E-state index in [-0.39, 0.29) is 5.91 Å². The number of nitrogens with zero attached hydrogens (tertiary/aromatic N) is 2. The normalized spacial score (nSPS) is 12.5. The summed E-state index contributed by atoms with van der Waals surface area (Å²) in [6, 6.07) is 5.58. The summed E-state index contributed by atoms with van der Waals surface area (Å²) in [6.07, 6.45) is 4.13. The molecule has 0 spiro atoms. The minimum Gasteiger partial charge on any atom is -0.330 e. The van der Waals surface area contributed by atoms with Gasteiger partial charge in [0.1, 0.15) is 5.82 Å². The molecule has 0 saturated carbocycles. The van der Waals surface area contributed by atoms with Gasteiger partial charge in [-0.15, -0.1) is 0 Å². The molecular formula is C15H25N3O. The summed E-state index contributed by atoms with van der Waals surface area (Å²) < 4.78 is 0. The maximum absolute atomic E-state index is 12.1. The fraction of sp³-hybridized carbons (Fsp3) is 0.600. The first-order valence-corrected chi connectivity index (χ1v) is 6.94. The van der Waals surface area contributed by atoms with Crippen molar-refractivity contribution in [3.8, 4) is 0 Å². The lowest BCUT2D eigenvalue weighted by Crippen LogP contribution is -2.28. The highest BCUT2D eigenvalue weighted by Gasteiger charge is 2.17. The van der Waals surface area contributed by atoms with Crippen molar-refractivity contribution in [1.82, 2.24) is 4.98 Å². The van der Waals surface area contributed by atoms with Gasteiger partial charge in [0.25, 0.3) is 0 Å². The van der Waals surface area contributed by atoms with E-state index >= 15 is 0 Å². The van der Waals surface area contributed by atoms with Crippen molar-refractivity contribution in [1.29, 1.82) is 0 Å². The first kappa shape index (κ1) is 15.6. The Balaban J connectivity index is 2.50. The Morgan fingerprint density at radius 1 is 1.37 bits per heavy atom. The molecule has 106 valence electrons. The standard InChI is InChI=1S/C15H25N3O/c1-12(2)13(9-10-16)7-8-15(19)18(3)14-6-4-5-11-17-14/h4-6,11-13H,7-10,16H2,1-3H3. The van der Waals surface area contributed by atoms with Gasteiger partial charge in [-0.25, -0.2) is 4.98 Å². The van der Waals surface area contributed by atoms with Gasteiger partial charge in [0, 0.05) is 19.7 Å². The van der Waals surface area contributed by atoms with Crippen LogP contribution in [0, 0.1) is 11.8 Å². The van der Waals surface area contributed by atoms with Gasteiger partial charge in [-0.1, -0.05) is 19.9 Å². The molecule has 0 aromatic carbocycles. The predicted octanol–water partition coefficient (Wildman–Crippen LogP) is 2.45. The van der Waals surface area contributed by atoms with Crippen LogP contribution >= 0.6 is 0 Å². The molecule has 0 saturated heterocycles. The maximum Gasteiger partial charge on any atom is 0.227 e. The van der Waals surface area contributed by atoms with Gasteiger partial charge in [0.05, 0.1) is 0 Å². The highest BCUT2D eigenvalue weighted by Crippen LogP contribution is 2.21. The molecule has 0 fully saturated rings. The third kappa shape index (κ3) is 4.99. The van der Waals surface area contributed by atoms with Crippen molar-refractivity contribution in [2.75, 3.05) is 18.5 Å². The van der Waals surface area contributed by atoms with Gasteiger partial charge in [-0.2, -0.15) is 0 Å². The van der Waals surface area contributed by atoms with Gasteiger partial charge < -0.3 is 5.73 Å². The van der Waals surface area contributed by atoms with Crippen LogP contribution in [-0.4, -0.2) is 24.5 Å². The molecule has 1 unspecified atom stereocenters. The third-order valence-corrected chi connectivity index (χ3v) is 3.58. The van der Waals surface area contributed by atoms with Crippen molar-refractivity contribution >= 4 is 11.7 Å². The number of nitrogens with two attached hydrogens (primary N) is 1. The zero-order chi connectivity index (χ0) is 14.3. The topological polar surface area (TPSA) is 59.2 Å². The number of carbonyl (C=O) groups is 1. The predicted molar refractivity (Wildman–Crippen MR) is 78.9 cm³/mol. The second kappa shape index (κ2) is 7.89. The van der Waals surface area contributed by atoms with E-state index in [4.69, 9.17) is 5.73 Å². The maximum atomic E-state index is 12.1. The number of anilines is 1. The van der Waals surface area contributed by atoms with E-state index in [1.54, 1.807) is 18.1 Å². The summed E-state index contributed by atoms with van der Waals surface area (Å²) >= 11 is 0. The van der Waals surface area contributed by atoms with Crippen LogP contribution in [0.15, 0.2) is 24.4 Å². The molecular weight excluding hydrogens is 238 g/mol. The van der Waals surface area contributed by atoms with E-state index in [1.165, 1.54) is 0 Å². The van der Waals surface area contributed by atoms with Crippen LogP contribution in [0.25, 0.3) is 0 Å². The lowest BCUT2D eigenvalue weighted by Gasteiger charge is -2.21. The molecule has 1 rings (SSSR count). The Morgan fingerprint density at radius 3 is 2.63 bits per heavy atom. The van der Waals surface area contributed by atoms with E-state index < -0.39 is 0 Å². The SMILES string of the molecule is CC(C)C(CCN)CCC(=O)N(C)c1ccccn1. The molecule has 1 amide bonds. The van der Waals surface area contributed by atoms with Crippen LogP contribution in [0.3, 0.4) is 0 Å².